The first-order valence-corrected chi connectivity index (χ1v) is 8.36. The number of esters is 1. The number of nitrogens with zero attached hydrogens (tertiary/aromatic N) is 3. The zero-order valence-corrected chi connectivity index (χ0v) is 15.8. The van der Waals surface area contributed by atoms with Crippen molar-refractivity contribution in [2.24, 2.45) is 0 Å². The van der Waals surface area contributed by atoms with Crippen LogP contribution in [0.15, 0.2) is 41.0 Å². The highest BCUT2D eigenvalue weighted by molar-refractivity contribution is 6.19. The largest absolute Gasteiger partial charge is 0.464 e. The Bertz CT molecular complexity index is 873. The molecule has 2 rings (SSSR count). The van der Waals surface area contributed by atoms with Gasteiger partial charge in [0, 0.05) is 32.3 Å². The molecule has 0 fully saturated rings. The lowest BCUT2D eigenvalue weighted by molar-refractivity contribution is -0.147. The highest BCUT2D eigenvalue weighted by atomic mass is 16.5. The molecule has 1 aliphatic rings. The molecule has 0 atom stereocenters. The molecule has 1 heterocycles. The van der Waals surface area contributed by atoms with Gasteiger partial charge in [-0.05, 0) is 36.3 Å². The first-order valence-electron chi connectivity index (χ1n) is 8.36. The van der Waals surface area contributed by atoms with Gasteiger partial charge in [-0.15, -0.1) is 0 Å². The van der Waals surface area contributed by atoms with Gasteiger partial charge in [-0.3, -0.25) is 19.3 Å². The molecule has 1 aromatic carbocycles. The first-order chi connectivity index (χ1) is 12.8. The molecule has 0 aromatic heterocycles. The van der Waals surface area contributed by atoms with Crippen LogP contribution in [-0.2, 0) is 19.1 Å². The molecule has 2 amide bonds. The monoisotopic (exact) mass is 367 g/mol. The molecule has 0 bridgehead atoms. The lowest BCUT2D eigenvalue weighted by atomic mass is 9.93. The van der Waals surface area contributed by atoms with E-state index in [2.05, 4.69) is 0 Å². The van der Waals surface area contributed by atoms with Crippen LogP contribution in [0.3, 0.4) is 0 Å². The summed E-state index contributed by atoms with van der Waals surface area (Å²) in [6.45, 7) is 2.60. The third kappa shape index (κ3) is 4.42. The lowest BCUT2D eigenvalue weighted by Crippen LogP contribution is -2.44. The van der Waals surface area contributed by atoms with Crippen molar-refractivity contribution in [3.8, 4) is 6.07 Å². The van der Waals surface area contributed by atoms with Gasteiger partial charge in [0.15, 0.2) is 0 Å². The Morgan fingerprint density at radius 1 is 1.22 bits per heavy atom. The van der Waals surface area contributed by atoms with Gasteiger partial charge in [-0.2, -0.15) is 5.26 Å². The Hall–Kier alpha value is -3.40. The Morgan fingerprint density at radius 2 is 1.85 bits per heavy atom. The summed E-state index contributed by atoms with van der Waals surface area (Å²) in [4.78, 5) is 39.0. The summed E-state index contributed by atoms with van der Waals surface area (Å²) in [6.07, 6.45) is 1.65. The van der Waals surface area contributed by atoms with Crippen LogP contribution >= 0.6 is 0 Å². The number of carbonyl (C=O) groups is 3. The Kier molecular flexibility index (Phi) is 6.14. The lowest BCUT2D eigenvalue weighted by Gasteiger charge is -2.27. The number of imide groups is 1. The van der Waals surface area contributed by atoms with Gasteiger partial charge in [0.1, 0.15) is 18.2 Å². The molecule has 0 saturated heterocycles. The quantitative estimate of drug-likeness (QED) is 0.449. The fraction of sp³-hybridized carbons (Fsp3) is 0.300. The fourth-order valence-corrected chi connectivity index (χ4v) is 2.65. The first kappa shape index (κ1) is 19.9. The van der Waals surface area contributed by atoms with E-state index in [-0.39, 0.29) is 24.3 Å². The number of carbonyl (C=O) groups excluding carboxylic acids is 3. The summed E-state index contributed by atoms with van der Waals surface area (Å²) in [5, 5.41) is 9.35. The summed E-state index contributed by atoms with van der Waals surface area (Å²) in [5.74, 6) is -1.69. The van der Waals surface area contributed by atoms with Crippen molar-refractivity contribution >= 4 is 29.5 Å². The predicted octanol–water partition coefficient (Wildman–Crippen LogP) is 1.91. The maximum atomic E-state index is 12.8. The number of rotatable bonds is 5. The van der Waals surface area contributed by atoms with E-state index >= 15 is 0 Å². The summed E-state index contributed by atoms with van der Waals surface area (Å²) in [6, 6.07) is 9.41. The number of ether oxygens (including phenoxy) is 1. The molecular weight excluding hydrogens is 346 g/mol. The predicted molar refractivity (Wildman–Crippen MR) is 100 cm³/mol. The number of hydrogen-bond acceptors (Lipinski definition) is 6. The van der Waals surface area contributed by atoms with Crippen LogP contribution in [0.2, 0.25) is 0 Å². The van der Waals surface area contributed by atoms with Gasteiger partial charge in [0.25, 0.3) is 11.8 Å². The van der Waals surface area contributed by atoms with Crippen LogP contribution < -0.4 is 4.90 Å². The topological polar surface area (TPSA) is 90.7 Å². The van der Waals surface area contributed by atoms with E-state index in [4.69, 9.17) is 4.74 Å². The van der Waals surface area contributed by atoms with Crippen molar-refractivity contribution in [1.82, 2.24) is 4.90 Å². The van der Waals surface area contributed by atoms with Crippen LogP contribution in [-0.4, -0.2) is 49.9 Å². The zero-order chi connectivity index (χ0) is 20.1. The molecular formula is C20H21N3O4. The smallest absolute Gasteiger partial charge is 0.302 e. The van der Waals surface area contributed by atoms with Gasteiger partial charge in [0.05, 0.1) is 6.54 Å². The van der Waals surface area contributed by atoms with Crippen LogP contribution in [0.25, 0.3) is 6.08 Å². The van der Waals surface area contributed by atoms with Crippen molar-refractivity contribution in [3.05, 3.63) is 46.5 Å². The van der Waals surface area contributed by atoms with Gasteiger partial charge in [0.2, 0.25) is 0 Å². The summed E-state index contributed by atoms with van der Waals surface area (Å²) >= 11 is 0. The van der Waals surface area contributed by atoms with Gasteiger partial charge in [-0.1, -0.05) is 12.1 Å². The second-order valence-corrected chi connectivity index (χ2v) is 6.26. The molecule has 0 radical (unpaired) electrons. The van der Waals surface area contributed by atoms with E-state index in [0.29, 0.717) is 5.57 Å². The molecule has 0 aliphatic carbocycles. The molecule has 27 heavy (non-hydrogen) atoms. The van der Waals surface area contributed by atoms with Gasteiger partial charge >= 0.3 is 5.97 Å². The number of hydrogen-bond donors (Lipinski definition) is 0. The van der Waals surface area contributed by atoms with Gasteiger partial charge < -0.3 is 9.64 Å². The number of benzene rings is 1. The van der Waals surface area contributed by atoms with Crippen LogP contribution in [0, 0.1) is 11.3 Å². The summed E-state index contributed by atoms with van der Waals surface area (Å²) in [7, 11) is 3.85. The fourth-order valence-electron chi connectivity index (χ4n) is 2.65. The maximum absolute atomic E-state index is 12.8. The van der Waals surface area contributed by atoms with Gasteiger partial charge in [-0.25, -0.2) is 0 Å². The number of amides is 2. The maximum Gasteiger partial charge on any atom is 0.302 e. The molecule has 1 aromatic rings. The Morgan fingerprint density at radius 3 is 2.37 bits per heavy atom. The molecule has 7 nitrogen and oxygen atoms in total. The summed E-state index contributed by atoms with van der Waals surface area (Å²) in [5.41, 5.74) is 2.30. The molecule has 140 valence electrons. The van der Waals surface area contributed by atoms with Crippen LogP contribution in [0.5, 0.6) is 0 Å². The molecule has 0 N–H and O–H groups in total. The molecule has 0 spiro atoms. The van der Waals surface area contributed by atoms with E-state index in [1.807, 2.05) is 49.3 Å². The van der Waals surface area contributed by atoms with Crippen molar-refractivity contribution in [2.75, 3.05) is 32.1 Å². The third-order valence-electron chi connectivity index (χ3n) is 4.17. The second kappa shape index (κ2) is 8.32. The minimum absolute atomic E-state index is 0.0893. The zero-order valence-electron chi connectivity index (χ0n) is 15.8. The SMILES string of the molecule is CC(=O)OCCN1C(=O)C(C#N)=C(C)/C(=C\c2ccc(N(C)C)cc2)C1=O. The van der Waals surface area contributed by atoms with Crippen molar-refractivity contribution in [2.45, 2.75) is 13.8 Å². The minimum atomic E-state index is -0.674. The third-order valence-corrected chi connectivity index (χ3v) is 4.17. The van der Waals surface area contributed by atoms with E-state index in [1.165, 1.54) is 6.92 Å². The number of anilines is 1. The highest BCUT2D eigenvalue weighted by Crippen LogP contribution is 2.27. The average Bonchev–Trinajstić information content (AvgIpc) is 2.62. The van der Waals surface area contributed by atoms with Crippen molar-refractivity contribution in [1.29, 1.82) is 5.26 Å². The molecule has 1 aliphatic heterocycles. The standard InChI is InChI=1S/C20H21N3O4/c1-13-17(11-15-5-7-16(8-6-15)22(3)4)19(25)23(9-10-27-14(2)24)20(26)18(13)12-21/h5-8,11H,9-10H2,1-4H3/b17-11+. The van der Waals surface area contributed by atoms with E-state index in [9.17, 15) is 19.6 Å². The second-order valence-electron chi connectivity index (χ2n) is 6.26. The molecule has 7 heteroatoms. The number of nitriles is 1. The Balaban J connectivity index is 2.39. The van der Waals surface area contributed by atoms with E-state index in [0.717, 1.165) is 16.2 Å². The van der Waals surface area contributed by atoms with Crippen molar-refractivity contribution < 1.29 is 19.1 Å². The normalized spacial score (nSPS) is 15.8. The summed E-state index contributed by atoms with van der Waals surface area (Å²) < 4.78 is 4.82. The van der Waals surface area contributed by atoms with Crippen molar-refractivity contribution in [3.63, 3.8) is 0 Å². The van der Waals surface area contributed by atoms with Crippen LogP contribution in [0.1, 0.15) is 19.4 Å². The van der Waals surface area contributed by atoms with Crippen LogP contribution in [0.4, 0.5) is 5.69 Å². The Labute approximate surface area is 158 Å². The molecule has 0 saturated carbocycles. The average molecular weight is 367 g/mol. The van der Waals surface area contributed by atoms with E-state index in [1.54, 1.807) is 13.0 Å². The highest BCUT2D eigenvalue weighted by Gasteiger charge is 2.35. The molecule has 0 unspecified atom stereocenters. The minimum Gasteiger partial charge on any atom is -0.464 e. The van der Waals surface area contributed by atoms with E-state index < -0.39 is 17.8 Å².